The number of hydrogen-bond donors (Lipinski definition) is 1. The Bertz CT molecular complexity index is 254. The zero-order valence-electron chi connectivity index (χ0n) is 11.5. The van der Waals surface area contributed by atoms with Crippen LogP contribution in [0, 0.1) is 5.92 Å². The van der Waals surface area contributed by atoms with Gasteiger partial charge in [-0.05, 0) is 32.7 Å². The summed E-state index contributed by atoms with van der Waals surface area (Å²) in [6.07, 6.45) is 2.01. The van der Waals surface area contributed by atoms with Crippen molar-refractivity contribution in [2.75, 3.05) is 26.7 Å². The number of nitrogens with zero attached hydrogens (tertiary/aromatic N) is 2. The van der Waals surface area contributed by atoms with Crippen LogP contribution in [0.15, 0.2) is 0 Å². The first-order valence-electron chi connectivity index (χ1n) is 6.59. The molecule has 0 radical (unpaired) electrons. The summed E-state index contributed by atoms with van der Waals surface area (Å²) in [6, 6.07) is -0.0141. The van der Waals surface area contributed by atoms with Crippen LogP contribution in [0.2, 0.25) is 0 Å². The van der Waals surface area contributed by atoms with Gasteiger partial charge < -0.3 is 10.0 Å². The quantitative estimate of drug-likeness (QED) is 0.798. The van der Waals surface area contributed by atoms with Crippen LogP contribution < -0.4 is 0 Å². The Balaban J connectivity index is 2.69. The molecule has 17 heavy (non-hydrogen) atoms. The molecule has 2 atom stereocenters. The van der Waals surface area contributed by atoms with Crippen molar-refractivity contribution in [3.63, 3.8) is 0 Å². The fourth-order valence-electron chi connectivity index (χ4n) is 2.19. The number of aliphatic hydroxyl groups excluding tert-OH is 1. The van der Waals surface area contributed by atoms with Gasteiger partial charge >= 0.3 is 0 Å². The monoisotopic (exact) mass is 242 g/mol. The molecule has 0 aromatic rings. The summed E-state index contributed by atoms with van der Waals surface area (Å²) in [5, 5.41) is 9.38. The fourth-order valence-corrected chi connectivity index (χ4v) is 2.19. The Morgan fingerprint density at radius 3 is 2.65 bits per heavy atom. The van der Waals surface area contributed by atoms with Crippen LogP contribution in [0.4, 0.5) is 0 Å². The van der Waals surface area contributed by atoms with Gasteiger partial charge in [-0.1, -0.05) is 13.8 Å². The lowest BCUT2D eigenvalue weighted by atomic mass is 10.1. The van der Waals surface area contributed by atoms with Gasteiger partial charge in [0.2, 0.25) is 5.91 Å². The average Bonchev–Trinajstić information content (AvgIpc) is 2.37. The Labute approximate surface area is 105 Å². The van der Waals surface area contributed by atoms with E-state index < -0.39 is 0 Å². The third kappa shape index (κ3) is 3.68. The summed E-state index contributed by atoms with van der Waals surface area (Å²) in [6.45, 7) is 7.99. The molecule has 1 fully saturated rings. The van der Waals surface area contributed by atoms with E-state index in [9.17, 15) is 9.90 Å². The number of likely N-dealkylation sites (N-methyl/N-ethyl adjacent to an activating group) is 1. The molecule has 1 aliphatic heterocycles. The van der Waals surface area contributed by atoms with Crippen molar-refractivity contribution in [3.8, 4) is 0 Å². The molecule has 0 spiro atoms. The predicted octanol–water partition coefficient (Wildman–Crippen LogP) is 0.946. The minimum Gasteiger partial charge on any atom is -0.394 e. The van der Waals surface area contributed by atoms with Crippen LogP contribution in [0.25, 0.3) is 0 Å². The first-order chi connectivity index (χ1) is 7.97. The highest BCUT2D eigenvalue weighted by Crippen LogP contribution is 2.16. The molecule has 1 N–H and O–H groups in total. The average molecular weight is 242 g/mol. The van der Waals surface area contributed by atoms with Crippen molar-refractivity contribution in [1.29, 1.82) is 0 Å². The zero-order chi connectivity index (χ0) is 13.0. The molecule has 0 aromatic heterocycles. The summed E-state index contributed by atoms with van der Waals surface area (Å²) >= 11 is 0. The Hall–Kier alpha value is -0.610. The molecule has 4 heteroatoms. The zero-order valence-corrected chi connectivity index (χ0v) is 11.5. The highest BCUT2D eigenvalue weighted by molar-refractivity contribution is 5.82. The van der Waals surface area contributed by atoms with Gasteiger partial charge in [-0.25, -0.2) is 0 Å². The van der Waals surface area contributed by atoms with E-state index >= 15 is 0 Å². The lowest BCUT2D eigenvalue weighted by molar-refractivity contribution is -0.136. The highest BCUT2D eigenvalue weighted by atomic mass is 16.3. The Morgan fingerprint density at radius 2 is 2.12 bits per heavy atom. The topological polar surface area (TPSA) is 43.8 Å². The van der Waals surface area contributed by atoms with Gasteiger partial charge in [-0.15, -0.1) is 0 Å². The standard InChI is InChI=1S/C13H26N2O2/c1-10(2)5-7-15-8-6-11(3)14(4)12(9-16)13(15)17/h10-12,16H,5-9H2,1-4H3. The van der Waals surface area contributed by atoms with Gasteiger partial charge in [-0.2, -0.15) is 0 Å². The van der Waals surface area contributed by atoms with E-state index in [0.717, 1.165) is 25.9 Å². The molecule has 0 aromatic carbocycles. The van der Waals surface area contributed by atoms with Crippen molar-refractivity contribution in [2.45, 2.75) is 45.7 Å². The van der Waals surface area contributed by atoms with Gasteiger partial charge in [0.1, 0.15) is 6.04 Å². The smallest absolute Gasteiger partial charge is 0.242 e. The van der Waals surface area contributed by atoms with Gasteiger partial charge in [-0.3, -0.25) is 9.69 Å². The van der Waals surface area contributed by atoms with Crippen LogP contribution >= 0.6 is 0 Å². The van der Waals surface area contributed by atoms with E-state index in [1.54, 1.807) is 0 Å². The molecule has 1 saturated heterocycles. The van der Waals surface area contributed by atoms with E-state index in [-0.39, 0.29) is 18.6 Å². The second-order valence-corrected chi connectivity index (χ2v) is 5.51. The van der Waals surface area contributed by atoms with Crippen molar-refractivity contribution in [1.82, 2.24) is 9.80 Å². The largest absolute Gasteiger partial charge is 0.394 e. The van der Waals surface area contributed by atoms with Crippen LogP contribution in [0.3, 0.4) is 0 Å². The fraction of sp³-hybridized carbons (Fsp3) is 0.923. The molecule has 2 unspecified atom stereocenters. The maximum atomic E-state index is 12.3. The van der Waals surface area contributed by atoms with Crippen molar-refractivity contribution in [2.24, 2.45) is 5.92 Å². The predicted molar refractivity (Wildman–Crippen MR) is 68.8 cm³/mol. The minimum atomic E-state index is -0.361. The summed E-state index contributed by atoms with van der Waals surface area (Å²) in [4.78, 5) is 16.2. The van der Waals surface area contributed by atoms with Crippen molar-refractivity contribution < 1.29 is 9.90 Å². The van der Waals surface area contributed by atoms with Crippen molar-refractivity contribution >= 4 is 5.91 Å². The third-order valence-corrected chi connectivity index (χ3v) is 3.75. The molecule has 0 aliphatic carbocycles. The molecular weight excluding hydrogens is 216 g/mol. The Kier molecular flexibility index (Phi) is 5.40. The molecule has 0 saturated carbocycles. The van der Waals surface area contributed by atoms with E-state index in [2.05, 4.69) is 20.8 Å². The first-order valence-corrected chi connectivity index (χ1v) is 6.59. The lowest BCUT2D eigenvalue weighted by Gasteiger charge is -2.29. The lowest BCUT2D eigenvalue weighted by Crippen LogP contribution is -2.48. The van der Waals surface area contributed by atoms with Gasteiger partial charge in [0.05, 0.1) is 6.61 Å². The number of carbonyl (C=O) groups excluding carboxylic acids is 1. The molecule has 100 valence electrons. The normalized spacial score (nSPS) is 27.6. The molecule has 1 rings (SSSR count). The number of aliphatic hydroxyl groups is 1. The molecule has 1 amide bonds. The number of rotatable bonds is 4. The van der Waals surface area contributed by atoms with Gasteiger partial charge in [0.15, 0.2) is 0 Å². The second-order valence-electron chi connectivity index (χ2n) is 5.51. The number of amides is 1. The van der Waals surface area contributed by atoms with E-state index in [1.165, 1.54) is 0 Å². The molecular formula is C13H26N2O2. The van der Waals surface area contributed by atoms with Gasteiger partial charge in [0.25, 0.3) is 0 Å². The van der Waals surface area contributed by atoms with Crippen LogP contribution in [-0.2, 0) is 4.79 Å². The van der Waals surface area contributed by atoms with Crippen molar-refractivity contribution in [3.05, 3.63) is 0 Å². The van der Waals surface area contributed by atoms with Gasteiger partial charge in [0, 0.05) is 19.1 Å². The second kappa shape index (κ2) is 6.36. The maximum absolute atomic E-state index is 12.3. The molecule has 0 bridgehead atoms. The van der Waals surface area contributed by atoms with Crippen LogP contribution in [-0.4, -0.2) is 59.6 Å². The molecule has 4 nitrogen and oxygen atoms in total. The maximum Gasteiger partial charge on any atom is 0.242 e. The van der Waals surface area contributed by atoms with E-state index in [4.69, 9.17) is 0 Å². The highest BCUT2D eigenvalue weighted by Gasteiger charge is 2.33. The summed E-state index contributed by atoms with van der Waals surface area (Å²) < 4.78 is 0. The summed E-state index contributed by atoms with van der Waals surface area (Å²) in [5.74, 6) is 0.689. The van der Waals surface area contributed by atoms with Crippen LogP contribution in [0.1, 0.15) is 33.6 Å². The summed E-state index contributed by atoms with van der Waals surface area (Å²) in [7, 11) is 1.93. The van der Waals surface area contributed by atoms with Crippen LogP contribution in [0.5, 0.6) is 0 Å². The summed E-state index contributed by atoms with van der Waals surface area (Å²) in [5.41, 5.74) is 0. The minimum absolute atomic E-state index is 0.0833. The van der Waals surface area contributed by atoms with E-state index in [0.29, 0.717) is 12.0 Å². The SMILES string of the molecule is CC(C)CCN1CCC(C)N(C)C(CO)C1=O. The number of carbonyl (C=O) groups is 1. The molecule has 1 heterocycles. The Morgan fingerprint density at radius 1 is 1.47 bits per heavy atom. The third-order valence-electron chi connectivity index (χ3n) is 3.75. The molecule has 1 aliphatic rings. The van der Waals surface area contributed by atoms with E-state index in [1.807, 2.05) is 16.8 Å². The number of hydrogen-bond acceptors (Lipinski definition) is 3. The first kappa shape index (κ1) is 14.5.